The van der Waals surface area contributed by atoms with E-state index in [4.69, 9.17) is 4.74 Å². The van der Waals surface area contributed by atoms with Crippen molar-refractivity contribution in [2.45, 2.75) is 6.54 Å². The van der Waals surface area contributed by atoms with Crippen LogP contribution in [0, 0.1) is 5.82 Å². The van der Waals surface area contributed by atoms with Gasteiger partial charge in [0.05, 0.1) is 42.3 Å². The van der Waals surface area contributed by atoms with Crippen LogP contribution >= 0.6 is 0 Å². The van der Waals surface area contributed by atoms with Gasteiger partial charge in [0.15, 0.2) is 11.5 Å². The molecule has 0 saturated carbocycles. The summed E-state index contributed by atoms with van der Waals surface area (Å²) in [5, 5.41) is 14.9. The van der Waals surface area contributed by atoms with E-state index < -0.39 is 0 Å². The molecule has 0 aliphatic rings. The lowest BCUT2D eigenvalue weighted by atomic mass is 10.1. The third-order valence-electron chi connectivity index (χ3n) is 5.78. The smallest absolute Gasteiger partial charge is 0.244 e. The summed E-state index contributed by atoms with van der Waals surface area (Å²) in [5.74, 6) is -0.134. The number of methoxy groups -OCH3 is 1. The Morgan fingerprint density at radius 1 is 1.06 bits per heavy atom. The van der Waals surface area contributed by atoms with E-state index in [9.17, 15) is 14.3 Å². The van der Waals surface area contributed by atoms with E-state index in [-0.39, 0.29) is 24.0 Å². The Labute approximate surface area is 200 Å². The van der Waals surface area contributed by atoms with Gasteiger partial charge in [-0.3, -0.25) is 9.78 Å². The zero-order valence-electron chi connectivity index (χ0n) is 18.9. The van der Waals surface area contributed by atoms with Gasteiger partial charge in [0.25, 0.3) is 0 Å². The Hall–Kier alpha value is -4.65. The molecular weight excluding hydrogens is 445 g/mol. The molecule has 3 aromatic carbocycles. The quantitative estimate of drug-likeness (QED) is 0.330. The average molecular weight is 468 g/mol. The number of amides is 1. The minimum Gasteiger partial charge on any atom is -0.504 e. The SMILES string of the molecule is COc1cc(-n2c3ccccc3c3cc(CNC(=O)/C=C/c4ccc(F)cc4)ncc32)ccc1O. The molecule has 7 heteroatoms. The topological polar surface area (TPSA) is 76.4 Å². The summed E-state index contributed by atoms with van der Waals surface area (Å²) in [6.45, 7) is 0.259. The van der Waals surface area contributed by atoms with E-state index in [0.29, 0.717) is 11.4 Å². The molecule has 5 aromatic rings. The van der Waals surface area contributed by atoms with Gasteiger partial charge in [-0.2, -0.15) is 0 Å². The summed E-state index contributed by atoms with van der Waals surface area (Å²) in [6.07, 6.45) is 4.82. The first-order chi connectivity index (χ1) is 17.0. The number of carbonyl (C=O) groups excluding carboxylic acids is 1. The van der Waals surface area contributed by atoms with Crippen molar-refractivity contribution >= 4 is 33.8 Å². The summed E-state index contributed by atoms with van der Waals surface area (Å²) in [5.41, 5.74) is 4.16. The van der Waals surface area contributed by atoms with Gasteiger partial charge in [-0.25, -0.2) is 4.39 Å². The Morgan fingerprint density at radius 2 is 1.86 bits per heavy atom. The second kappa shape index (κ2) is 9.30. The molecule has 35 heavy (non-hydrogen) atoms. The highest BCUT2D eigenvalue weighted by Crippen LogP contribution is 2.35. The highest BCUT2D eigenvalue weighted by Gasteiger charge is 2.15. The van der Waals surface area contributed by atoms with Crippen molar-refractivity contribution in [3.05, 3.63) is 102 Å². The van der Waals surface area contributed by atoms with Gasteiger partial charge in [-0.1, -0.05) is 30.3 Å². The van der Waals surface area contributed by atoms with Gasteiger partial charge < -0.3 is 19.7 Å². The molecule has 174 valence electrons. The number of hydrogen-bond acceptors (Lipinski definition) is 4. The highest BCUT2D eigenvalue weighted by molar-refractivity contribution is 6.09. The second-order valence-corrected chi connectivity index (χ2v) is 8.00. The molecule has 6 nitrogen and oxygen atoms in total. The third-order valence-corrected chi connectivity index (χ3v) is 5.78. The summed E-state index contributed by atoms with van der Waals surface area (Å²) in [6, 6.07) is 21.1. The number of benzene rings is 3. The first-order valence-corrected chi connectivity index (χ1v) is 11.0. The van der Waals surface area contributed by atoms with Crippen LogP contribution in [0.15, 0.2) is 85.1 Å². The molecule has 0 saturated heterocycles. The van der Waals surface area contributed by atoms with E-state index in [1.807, 2.05) is 36.4 Å². The number of halogens is 1. The Bertz CT molecular complexity index is 1570. The van der Waals surface area contributed by atoms with Crippen molar-refractivity contribution in [3.63, 3.8) is 0 Å². The molecule has 0 atom stereocenters. The molecule has 5 rings (SSSR count). The van der Waals surface area contributed by atoms with Crippen LogP contribution in [0.4, 0.5) is 4.39 Å². The van der Waals surface area contributed by atoms with Gasteiger partial charge in [0.1, 0.15) is 5.82 Å². The molecule has 0 fully saturated rings. The Morgan fingerprint density at radius 3 is 2.66 bits per heavy atom. The molecule has 0 radical (unpaired) electrons. The van der Waals surface area contributed by atoms with Crippen LogP contribution < -0.4 is 10.1 Å². The average Bonchev–Trinajstić information content (AvgIpc) is 3.21. The van der Waals surface area contributed by atoms with E-state index in [1.54, 1.807) is 36.5 Å². The molecule has 1 amide bonds. The largest absolute Gasteiger partial charge is 0.504 e. The number of fused-ring (bicyclic) bond motifs is 3. The van der Waals surface area contributed by atoms with Crippen LogP contribution in [0.3, 0.4) is 0 Å². The zero-order chi connectivity index (χ0) is 24.4. The van der Waals surface area contributed by atoms with Crippen molar-refractivity contribution in [2.24, 2.45) is 0 Å². The van der Waals surface area contributed by atoms with Crippen molar-refractivity contribution in [3.8, 4) is 17.2 Å². The highest BCUT2D eigenvalue weighted by atomic mass is 19.1. The molecular formula is C28H22FN3O3. The normalized spacial score (nSPS) is 11.4. The summed E-state index contributed by atoms with van der Waals surface area (Å²) >= 11 is 0. The first-order valence-electron chi connectivity index (χ1n) is 11.0. The predicted molar refractivity (Wildman–Crippen MR) is 134 cm³/mol. The number of phenolic OH excluding ortho intramolecular Hbond substituents is 1. The molecule has 2 heterocycles. The number of ether oxygens (including phenoxy) is 1. The molecule has 0 aliphatic carbocycles. The number of phenols is 1. The molecule has 2 aromatic heterocycles. The number of pyridine rings is 1. The number of carbonyl (C=O) groups is 1. The molecule has 0 unspecified atom stereocenters. The van der Waals surface area contributed by atoms with E-state index in [2.05, 4.69) is 14.9 Å². The minimum absolute atomic E-state index is 0.0710. The lowest BCUT2D eigenvalue weighted by Crippen LogP contribution is -2.20. The zero-order valence-corrected chi connectivity index (χ0v) is 18.9. The van der Waals surface area contributed by atoms with Crippen molar-refractivity contribution in [1.29, 1.82) is 0 Å². The Kier molecular flexibility index (Phi) is 5.89. The summed E-state index contributed by atoms with van der Waals surface area (Å²) in [4.78, 5) is 16.8. The molecule has 0 spiro atoms. The predicted octanol–water partition coefficient (Wildman–Crippen LogP) is 5.36. The van der Waals surface area contributed by atoms with Crippen LogP contribution in [0.25, 0.3) is 33.6 Å². The maximum absolute atomic E-state index is 13.0. The van der Waals surface area contributed by atoms with E-state index in [0.717, 1.165) is 33.1 Å². The van der Waals surface area contributed by atoms with Crippen LogP contribution in [0.1, 0.15) is 11.3 Å². The number of aromatic hydroxyl groups is 1. The lowest BCUT2D eigenvalue weighted by Gasteiger charge is -2.10. The molecule has 0 aliphatic heterocycles. The first kappa shape index (κ1) is 22.2. The number of nitrogens with zero attached hydrogens (tertiary/aromatic N) is 2. The standard InChI is InChI=1S/C28H22FN3O3/c1-35-27-15-21(11-12-26(27)33)32-24-5-3-2-4-22(24)23-14-20(30-17-25(23)32)16-31-28(34)13-8-18-6-9-19(29)10-7-18/h2-15,17,33H,16H2,1H3,(H,31,34)/b13-8+. The van der Waals surface area contributed by atoms with Crippen LogP contribution in [-0.4, -0.2) is 27.7 Å². The number of nitrogens with one attached hydrogen (secondary N) is 1. The maximum Gasteiger partial charge on any atom is 0.244 e. The van der Waals surface area contributed by atoms with Crippen LogP contribution in [0.5, 0.6) is 11.5 Å². The number of aromatic nitrogens is 2. The minimum atomic E-state index is -0.320. The van der Waals surface area contributed by atoms with Crippen LogP contribution in [0.2, 0.25) is 0 Å². The number of para-hydroxylation sites is 1. The van der Waals surface area contributed by atoms with Gasteiger partial charge in [0, 0.05) is 22.9 Å². The van der Waals surface area contributed by atoms with Gasteiger partial charge >= 0.3 is 0 Å². The fraction of sp³-hybridized carbons (Fsp3) is 0.0714. The fourth-order valence-electron chi connectivity index (χ4n) is 4.07. The Balaban J connectivity index is 1.44. The molecule has 0 bridgehead atoms. The molecule has 2 N–H and O–H groups in total. The summed E-state index contributed by atoms with van der Waals surface area (Å²) < 4.78 is 20.4. The number of hydrogen-bond donors (Lipinski definition) is 2. The fourth-order valence-corrected chi connectivity index (χ4v) is 4.07. The van der Waals surface area contributed by atoms with Crippen molar-refractivity contribution < 1.29 is 19.0 Å². The van der Waals surface area contributed by atoms with Crippen molar-refractivity contribution in [1.82, 2.24) is 14.9 Å². The summed E-state index contributed by atoms with van der Waals surface area (Å²) in [7, 11) is 1.52. The van der Waals surface area contributed by atoms with E-state index in [1.165, 1.54) is 25.3 Å². The monoisotopic (exact) mass is 467 g/mol. The third kappa shape index (κ3) is 4.44. The second-order valence-electron chi connectivity index (χ2n) is 8.00. The maximum atomic E-state index is 13.0. The van der Waals surface area contributed by atoms with Gasteiger partial charge in [0.2, 0.25) is 5.91 Å². The lowest BCUT2D eigenvalue weighted by molar-refractivity contribution is -0.116. The van der Waals surface area contributed by atoms with Crippen LogP contribution in [-0.2, 0) is 11.3 Å². The van der Waals surface area contributed by atoms with Gasteiger partial charge in [-0.15, -0.1) is 0 Å². The van der Waals surface area contributed by atoms with Gasteiger partial charge in [-0.05, 0) is 48.0 Å². The van der Waals surface area contributed by atoms with E-state index >= 15 is 0 Å². The van der Waals surface area contributed by atoms with Crippen molar-refractivity contribution in [2.75, 3.05) is 7.11 Å². The number of rotatable bonds is 6.